The lowest BCUT2D eigenvalue weighted by Gasteiger charge is -2.42. The Morgan fingerprint density at radius 1 is 1.15 bits per heavy atom. The van der Waals surface area contributed by atoms with E-state index in [0.717, 1.165) is 27.6 Å². The van der Waals surface area contributed by atoms with Crippen LogP contribution < -0.4 is 0 Å². The van der Waals surface area contributed by atoms with Crippen molar-refractivity contribution >= 4 is 16.9 Å². The monoisotopic (exact) mass is 434 g/mol. The molecule has 1 N–H and O–H groups in total. The molecule has 1 saturated carbocycles. The van der Waals surface area contributed by atoms with Gasteiger partial charge < -0.3 is 5.11 Å². The quantitative estimate of drug-likeness (QED) is 0.493. The van der Waals surface area contributed by atoms with Crippen LogP contribution in [0.5, 0.6) is 0 Å². The normalized spacial score (nSPS) is 19.4. The molecule has 1 aliphatic rings. The average Bonchev–Trinajstić information content (AvgIpc) is 3.31. The molecular formula is C25H18N6O2. The van der Waals surface area contributed by atoms with Crippen molar-refractivity contribution in [2.45, 2.75) is 24.8 Å². The zero-order chi connectivity index (χ0) is 23.0. The molecule has 33 heavy (non-hydrogen) atoms. The van der Waals surface area contributed by atoms with Gasteiger partial charge in [0.25, 0.3) is 0 Å². The first-order valence-corrected chi connectivity index (χ1v) is 10.5. The first-order chi connectivity index (χ1) is 16.0. The van der Waals surface area contributed by atoms with Crippen molar-refractivity contribution in [1.82, 2.24) is 20.0 Å². The number of hydrogen-bond acceptors (Lipinski definition) is 6. The number of aromatic carboxylic acids is 1. The molecule has 0 radical (unpaired) electrons. The second-order valence-electron chi connectivity index (χ2n) is 8.29. The lowest BCUT2D eigenvalue weighted by atomic mass is 9.68. The number of carboxylic acid groups (broad SMARTS) is 1. The van der Waals surface area contributed by atoms with Crippen LogP contribution in [-0.4, -0.2) is 31.1 Å². The highest BCUT2D eigenvalue weighted by Crippen LogP contribution is 2.45. The summed E-state index contributed by atoms with van der Waals surface area (Å²) in [5.41, 5.74) is 3.68. The third kappa shape index (κ3) is 3.48. The van der Waals surface area contributed by atoms with Crippen molar-refractivity contribution < 1.29 is 9.90 Å². The van der Waals surface area contributed by atoms with Crippen LogP contribution in [0, 0.1) is 28.6 Å². The van der Waals surface area contributed by atoms with Crippen LogP contribution in [0.1, 0.15) is 29.6 Å². The van der Waals surface area contributed by atoms with Crippen molar-refractivity contribution in [3.05, 3.63) is 66.5 Å². The molecule has 2 aromatic heterocycles. The second kappa shape index (κ2) is 7.85. The summed E-state index contributed by atoms with van der Waals surface area (Å²) in [5.74, 6) is -1.06. The molecule has 0 amide bonds. The van der Waals surface area contributed by atoms with E-state index in [9.17, 15) is 20.4 Å². The molecule has 0 bridgehead atoms. The third-order valence-corrected chi connectivity index (χ3v) is 6.22. The number of hydrogen-bond donors (Lipinski definition) is 1. The Morgan fingerprint density at radius 3 is 2.64 bits per heavy atom. The molecule has 0 spiro atoms. The standard InChI is InChI=1S/C25H18N6O2/c26-8-7-25(12-16(13-25)14-27)31-29-15-23(30-31)21-10-19(11-22-20(21)2-1-9-28-22)17-3-5-18(6-4-17)24(32)33/h1-6,9-11,15-16H,7,12-13H2,(H,32,33)/t16-,25-. The topological polar surface area (TPSA) is 128 Å². The van der Waals surface area contributed by atoms with Gasteiger partial charge in [-0.3, -0.25) is 4.98 Å². The highest BCUT2D eigenvalue weighted by Gasteiger charge is 2.48. The summed E-state index contributed by atoms with van der Waals surface area (Å²) in [6.07, 6.45) is 4.76. The van der Waals surface area contributed by atoms with Crippen LogP contribution in [-0.2, 0) is 5.54 Å². The Bertz CT molecular complexity index is 1450. The molecule has 0 atom stereocenters. The predicted molar refractivity (Wildman–Crippen MR) is 120 cm³/mol. The summed E-state index contributed by atoms with van der Waals surface area (Å²) < 4.78 is 0. The maximum Gasteiger partial charge on any atom is 0.335 e. The number of fused-ring (bicyclic) bond motifs is 1. The number of nitrogens with zero attached hydrogens (tertiary/aromatic N) is 6. The Labute approximate surface area is 189 Å². The smallest absolute Gasteiger partial charge is 0.335 e. The van der Waals surface area contributed by atoms with Gasteiger partial charge in [-0.25, -0.2) is 4.79 Å². The van der Waals surface area contributed by atoms with Crippen LogP contribution in [0.15, 0.2) is 60.9 Å². The van der Waals surface area contributed by atoms with E-state index in [0.29, 0.717) is 18.5 Å². The summed E-state index contributed by atoms with van der Waals surface area (Å²) in [6, 6.07) is 18.9. The third-order valence-electron chi connectivity index (χ3n) is 6.22. The molecule has 8 nitrogen and oxygen atoms in total. The fourth-order valence-corrected chi connectivity index (χ4v) is 4.46. The van der Waals surface area contributed by atoms with Crippen LogP contribution in [0.25, 0.3) is 33.3 Å². The van der Waals surface area contributed by atoms with Gasteiger partial charge in [0, 0.05) is 17.1 Å². The summed E-state index contributed by atoms with van der Waals surface area (Å²) in [6.45, 7) is 0. The lowest BCUT2D eigenvalue weighted by molar-refractivity contribution is 0.0696. The van der Waals surface area contributed by atoms with E-state index in [1.54, 1.807) is 41.5 Å². The Kier molecular flexibility index (Phi) is 4.84. The Balaban J connectivity index is 1.60. The number of nitriles is 2. The van der Waals surface area contributed by atoms with Crippen LogP contribution >= 0.6 is 0 Å². The van der Waals surface area contributed by atoms with Crippen molar-refractivity contribution in [1.29, 1.82) is 10.5 Å². The molecule has 0 aliphatic heterocycles. The molecule has 5 rings (SSSR count). The Morgan fingerprint density at radius 2 is 1.94 bits per heavy atom. The van der Waals surface area contributed by atoms with Gasteiger partial charge in [-0.15, -0.1) is 0 Å². The van der Waals surface area contributed by atoms with E-state index in [4.69, 9.17) is 5.10 Å². The van der Waals surface area contributed by atoms with Gasteiger partial charge in [0.05, 0.1) is 47.3 Å². The van der Waals surface area contributed by atoms with Gasteiger partial charge in [-0.1, -0.05) is 18.2 Å². The van der Waals surface area contributed by atoms with Gasteiger partial charge in [0.1, 0.15) is 5.69 Å². The van der Waals surface area contributed by atoms with Crippen molar-refractivity contribution in [3.63, 3.8) is 0 Å². The van der Waals surface area contributed by atoms with E-state index in [2.05, 4.69) is 22.2 Å². The van der Waals surface area contributed by atoms with Gasteiger partial charge >= 0.3 is 5.97 Å². The Hall–Kier alpha value is -4.56. The predicted octanol–water partition coefficient (Wildman–Crippen LogP) is 4.40. The number of carbonyl (C=O) groups is 1. The number of pyridine rings is 1. The van der Waals surface area contributed by atoms with Crippen LogP contribution in [0.2, 0.25) is 0 Å². The van der Waals surface area contributed by atoms with Crippen molar-refractivity contribution in [2.75, 3.05) is 0 Å². The number of rotatable bonds is 5. The van der Waals surface area contributed by atoms with Gasteiger partial charge in [0.2, 0.25) is 0 Å². The first-order valence-electron chi connectivity index (χ1n) is 10.5. The average molecular weight is 434 g/mol. The summed E-state index contributed by atoms with van der Waals surface area (Å²) in [7, 11) is 0. The minimum atomic E-state index is -0.972. The van der Waals surface area contributed by atoms with Crippen LogP contribution in [0.3, 0.4) is 0 Å². The number of benzene rings is 2. The van der Waals surface area contributed by atoms with Gasteiger partial charge in [-0.05, 0) is 54.3 Å². The second-order valence-corrected chi connectivity index (χ2v) is 8.29. The maximum absolute atomic E-state index is 11.2. The molecule has 2 heterocycles. The van der Waals surface area contributed by atoms with Gasteiger partial charge in [0.15, 0.2) is 0 Å². The lowest BCUT2D eigenvalue weighted by Crippen LogP contribution is -2.47. The van der Waals surface area contributed by atoms with E-state index in [1.807, 2.05) is 24.3 Å². The minimum Gasteiger partial charge on any atom is -0.478 e. The highest BCUT2D eigenvalue weighted by molar-refractivity contribution is 5.97. The summed E-state index contributed by atoms with van der Waals surface area (Å²) in [5, 5.41) is 37.8. The maximum atomic E-state index is 11.2. The largest absolute Gasteiger partial charge is 0.478 e. The molecule has 160 valence electrons. The fraction of sp³-hybridized carbons (Fsp3) is 0.200. The number of carboxylic acids is 1. The minimum absolute atomic E-state index is 0.0880. The highest BCUT2D eigenvalue weighted by atomic mass is 16.4. The number of aromatic nitrogens is 4. The fourth-order valence-electron chi connectivity index (χ4n) is 4.46. The van der Waals surface area contributed by atoms with Crippen LogP contribution in [0.4, 0.5) is 0 Å². The van der Waals surface area contributed by atoms with E-state index in [-0.39, 0.29) is 17.9 Å². The summed E-state index contributed by atoms with van der Waals surface area (Å²) >= 11 is 0. The van der Waals surface area contributed by atoms with Crippen molar-refractivity contribution in [3.8, 4) is 34.5 Å². The summed E-state index contributed by atoms with van der Waals surface area (Å²) in [4.78, 5) is 17.3. The molecule has 1 aliphatic carbocycles. The van der Waals surface area contributed by atoms with Crippen molar-refractivity contribution in [2.24, 2.45) is 5.92 Å². The molecular weight excluding hydrogens is 416 g/mol. The molecule has 4 aromatic rings. The first kappa shape index (κ1) is 20.3. The molecule has 0 saturated heterocycles. The molecule has 2 aromatic carbocycles. The molecule has 8 heteroatoms. The van der Waals surface area contributed by atoms with E-state index in [1.165, 1.54) is 0 Å². The van der Waals surface area contributed by atoms with E-state index < -0.39 is 11.5 Å². The molecule has 0 unspecified atom stereocenters. The van der Waals surface area contributed by atoms with Gasteiger partial charge in [-0.2, -0.15) is 25.5 Å². The van der Waals surface area contributed by atoms with E-state index >= 15 is 0 Å². The zero-order valence-electron chi connectivity index (χ0n) is 17.5. The molecule has 1 fully saturated rings. The zero-order valence-corrected chi connectivity index (χ0v) is 17.5. The SMILES string of the molecule is N#CC[C@]1(n2ncc(-c3cc(-c4ccc(C(=O)O)cc4)cc4ncccc34)n2)C[C@H](C#N)C1.